The summed E-state index contributed by atoms with van der Waals surface area (Å²) in [5.41, 5.74) is 1.96. The number of amides is 2. The van der Waals surface area contributed by atoms with Crippen molar-refractivity contribution in [1.82, 2.24) is 10.6 Å². The molecular formula is C15H23N3O2. The van der Waals surface area contributed by atoms with Crippen LogP contribution in [0.5, 0.6) is 0 Å². The molecule has 0 aromatic heterocycles. The highest BCUT2D eigenvalue weighted by Crippen LogP contribution is 2.11. The van der Waals surface area contributed by atoms with Crippen LogP contribution in [-0.2, 0) is 11.3 Å². The Labute approximate surface area is 120 Å². The van der Waals surface area contributed by atoms with Gasteiger partial charge in [0.15, 0.2) is 0 Å². The van der Waals surface area contributed by atoms with Crippen LogP contribution in [0.25, 0.3) is 0 Å². The van der Waals surface area contributed by atoms with E-state index in [-0.39, 0.29) is 12.1 Å². The molecule has 0 spiro atoms. The van der Waals surface area contributed by atoms with Crippen LogP contribution >= 0.6 is 0 Å². The Hall–Kier alpha value is -1.59. The smallest absolute Gasteiger partial charge is 0.319 e. The van der Waals surface area contributed by atoms with Crippen molar-refractivity contribution >= 4 is 11.7 Å². The summed E-state index contributed by atoms with van der Waals surface area (Å²) >= 11 is 0. The van der Waals surface area contributed by atoms with Crippen molar-refractivity contribution in [2.75, 3.05) is 18.5 Å². The largest absolute Gasteiger partial charge is 0.379 e. The van der Waals surface area contributed by atoms with E-state index in [1.54, 1.807) is 0 Å². The van der Waals surface area contributed by atoms with Crippen LogP contribution in [0.1, 0.15) is 25.8 Å². The Morgan fingerprint density at radius 1 is 1.45 bits per heavy atom. The average molecular weight is 277 g/mol. The van der Waals surface area contributed by atoms with E-state index in [9.17, 15) is 4.79 Å². The maximum absolute atomic E-state index is 11.9. The molecule has 2 rings (SSSR count). The van der Waals surface area contributed by atoms with Crippen molar-refractivity contribution in [3.8, 4) is 0 Å². The Morgan fingerprint density at radius 3 is 3.00 bits per heavy atom. The number of benzene rings is 1. The number of nitrogens with one attached hydrogen (secondary N) is 3. The lowest BCUT2D eigenvalue weighted by Crippen LogP contribution is -2.38. The predicted octanol–water partition coefficient (Wildman–Crippen LogP) is 2.09. The third-order valence-corrected chi connectivity index (χ3v) is 3.16. The zero-order valence-corrected chi connectivity index (χ0v) is 12.1. The predicted molar refractivity (Wildman–Crippen MR) is 79.8 cm³/mol. The van der Waals surface area contributed by atoms with Gasteiger partial charge in [0.05, 0.1) is 12.6 Å². The Balaban J connectivity index is 1.85. The molecule has 5 nitrogen and oxygen atoms in total. The lowest BCUT2D eigenvalue weighted by Gasteiger charge is -2.13. The van der Waals surface area contributed by atoms with E-state index in [1.165, 1.54) is 0 Å². The van der Waals surface area contributed by atoms with Gasteiger partial charge in [0.25, 0.3) is 0 Å². The minimum absolute atomic E-state index is 0.126. The van der Waals surface area contributed by atoms with E-state index in [1.807, 2.05) is 24.3 Å². The van der Waals surface area contributed by atoms with E-state index in [4.69, 9.17) is 4.74 Å². The van der Waals surface area contributed by atoms with Gasteiger partial charge in [0, 0.05) is 24.9 Å². The van der Waals surface area contributed by atoms with Gasteiger partial charge in [-0.3, -0.25) is 0 Å². The number of ether oxygens (including phenoxy) is 1. The first kappa shape index (κ1) is 14.8. The standard InChI is InChI=1S/C15H23N3O2/c1-11(2)16-9-12-4-3-5-13(8-12)17-15(19)18-14-6-7-20-10-14/h3-5,8,11,14,16H,6-7,9-10H2,1-2H3,(H2,17,18,19). The summed E-state index contributed by atoms with van der Waals surface area (Å²) in [6.45, 7) is 6.34. The monoisotopic (exact) mass is 277 g/mol. The van der Waals surface area contributed by atoms with Crippen LogP contribution in [-0.4, -0.2) is 31.3 Å². The maximum Gasteiger partial charge on any atom is 0.319 e. The second-order valence-electron chi connectivity index (χ2n) is 5.39. The van der Waals surface area contributed by atoms with Crippen LogP contribution in [0.15, 0.2) is 24.3 Å². The van der Waals surface area contributed by atoms with Crippen molar-refractivity contribution < 1.29 is 9.53 Å². The normalized spacial score (nSPS) is 18.2. The topological polar surface area (TPSA) is 62.4 Å². The fraction of sp³-hybridized carbons (Fsp3) is 0.533. The Kier molecular flexibility index (Phi) is 5.38. The second-order valence-corrected chi connectivity index (χ2v) is 5.39. The van der Waals surface area contributed by atoms with E-state index in [0.29, 0.717) is 12.6 Å². The summed E-state index contributed by atoms with van der Waals surface area (Å²) in [5, 5.41) is 9.13. The molecular weight excluding hydrogens is 254 g/mol. The number of anilines is 1. The molecule has 1 atom stereocenters. The van der Waals surface area contributed by atoms with Gasteiger partial charge in [-0.25, -0.2) is 4.79 Å². The zero-order valence-electron chi connectivity index (χ0n) is 12.1. The molecule has 0 saturated carbocycles. The van der Waals surface area contributed by atoms with Gasteiger partial charge in [0.1, 0.15) is 0 Å². The summed E-state index contributed by atoms with van der Waals surface area (Å²) in [4.78, 5) is 11.9. The minimum Gasteiger partial charge on any atom is -0.379 e. The molecule has 1 heterocycles. The Bertz CT molecular complexity index is 442. The van der Waals surface area contributed by atoms with Crippen LogP contribution in [0.3, 0.4) is 0 Å². The zero-order chi connectivity index (χ0) is 14.4. The molecule has 3 N–H and O–H groups in total. The lowest BCUT2D eigenvalue weighted by molar-refractivity contribution is 0.189. The number of hydrogen-bond donors (Lipinski definition) is 3. The Morgan fingerprint density at radius 2 is 2.30 bits per heavy atom. The van der Waals surface area contributed by atoms with Gasteiger partial charge < -0.3 is 20.7 Å². The third-order valence-electron chi connectivity index (χ3n) is 3.16. The van der Waals surface area contributed by atoms with Crippen LogP contribution in [0.2, 0.25) is 0 Å². The highest BCUT2D eigenvalue weighted by molar-refractivity contribution is 5.89. The quantitative estimate of drug-likeness (QED) is 0.772. The van der Waals surface area contributed by atoms with E-state index in [0.717, 1.165) is 30.8 Å². The number of urea groups is 1. The summed E-state index contributed by atoms with van der Waals surface area (Å²) in [7, 11) is 0. The molecule has 110 valence electrons. The molecule has 1 saturated heterocycles. The van der Waals surface area contributed by atoms with Crippen molar-refractivity contribution in [3.63, 3.8) is 0 Å². The van der Waals surface area contributed by atoms with E-state index < -0.39 is 0 Å². The van der Waals surface area contributed by atoms with E-state index >= 15 is 0 Å². The molecule has 1 aromatic rings. The van der Waals surface area contributed by atoms with Gasteiger partial charge in [-0.1, -0.05) is 26.0 Å². The fourth-order valence-electron chi connectivity index (χ4n) is 2.08. The molecule has 1 unspecified atom stereocenters. The van der Waals surface area contributed by atoms with Gasteiger partial charge in [0.2, 0.25) is 0 Å². The molecule has 1 aliphatic rings. The maximum atomic E-state index is 11.9. The first-order valence-electron chi connectivity index (χ1n) is 7.11. The fourth-order valence-corrected chi connectivity index (χ4v) is 2.08. The molecule has 2 amide bonds. The lowest BCUT2D eigenvalue weighted by atomic mass is 10.2. The summed E-state index contributed by atoms with van der Waals surface area (Å²) in [6.07, 6.45) is 0.881. The van der Waals surface area contributed by atoms with Crippen LogP contribution in [0.4, 0.5) is 10.5 Å². The SMILES string of the molecule is CC(C)NCc1cccc(NC(=O)NC2CCOC2)c1. The molecule has 0 radical (unpaired) electrons. The molecule has 20 heavy (non-hydrogen) atoms. The van der Waals surface area contributed by atoms with E-state index in [2.05, 4.69) is 29.8 Å². The van der Waals surface area contributed by atoms with Crippen molar-refractivity contribution in [2.45, 2.75) is 38.9 Å². The summed E-state index contributed by atoms with van der Waals surface area (Å²) in [6, 6.07) is 8.27. The highest BCUT2D eigenvalue weighted by atomic mass is 16.5. The number of carbonyl (C=O) groups is 1. The van der Waals surface area contributed by atoms with Gasteiger partial charge in [-0.15, -0.1) is 0 Å². The van der Waals surface area contributed by atoms with Crippen molar-refractivity contribution in [2.24, 2.45) is 0 Å². The first-order valence-corrected chi connectivity index (χ1v) is 7.11. The van der Waals surface area contributed by atoms with Crippen molar-refractivity contribution in [1.29, 1.82) is 0 Å². The molecule has 1 aliphatic heterocycles. The van der Waals surface area contributed by atoms with Crippen LogP contribution < -0.4 is 16.0 Å². The average Bonchev–Trinajstić information content (AvgIpc) is 2.89. The third kappa shape index (κ3) is 4.83. The van der Waals surface area contributed by atoms with Gasteiger partial charge in [-0.05, 0) is 24.1 Å². The minimum atomic E-state index is -0.172. The molecule has 0 bridgehead atoms. The summed E-state index contributed by atoms with van der Waals surface area (Å²) < 4.78 is 5.23. The summed E-state index contributed by atoms with van der Waals surface area (Å²) in [5.74, 6) is 0. The first-order chi connectivity index (χ1) is 9.63. The molecule has 1 fully saturated rings. The number of carbonyl (C=O) groups excluding carboxylic acids is 1. The second kappa shape index (κ2) is 7.26. The van der Waals surface area contributed by atoms with Crippen molar-refractivity contribution in [3.05, 3.63) is 29.8 Å². The molecule has 0 aliphatic carbocycles. The van der Waals surface area contributed by atoms with Crippen LogP contribution in [0, 0.1) is 0 Å². The molecule has 5 heteroatoms. The van der Waals surface area contributed by atoms with Gasteiger partial charge >= 0.3 is 6.03 Å². The molecule has 1 aromatic carbocycles. The number of hydrogen-bond acceptors (Lipinski definition) is 3. The highest BCUT2D eigenvalue weighted by Gasteiger charge is 2.17. The number of rotatable bonds is 5. The van der Waals surface area contributed by atoms with Gasteiger partial charge in [-0.2, -0.15) is 0 Å².